The van der Waals surface area contributed by atoms with Crippen molar-refractivity contribution in [2.24, 2.45) is 7.05 Å². The number of carbonyl (C=O) groups is 1. The zero-order valence-electron chi connectivity index (χ0n) is 16.0. The van der Waals surface area contributed by atoms with Gasteiger partial charge in [0.2, 0.25) is 0 Å². The summed E-state index contributed by atoms with van der Waals surface area (Å²) in [7, 11) is 1.73. The van der Waals surface area contributed by atoms with Crippen molar-refractivity contribution < 1.29 is 14.5 Å². The van der Waals surface area contributed by atoms with Crippen LogP contribution in [0.1, 0.15) is 27.3 Å². The van der Waals surface area contributed by atoms with Gasteiger partial charge in [-0.15, -0.1) is 0 Å². The summed E-state index contributed by atoms with van der Waals surface area (Å²) >= 11 is 0. The van der Waals surface area contributed by atoms with Crippen LogP contribution in [0.15, 0.2) is 42.5 Å². The zero-order chi connectivity index (χ0) is 20.4. The number of benzene rings is 2. The van der Waals surface area contributed by atoms with Gasteiger partial charge in [-0.3, -0.25) is 19.6 Å². The molecule has 0 fully saturated rings. The van der Waals surface area contributed by atoms with Crippen LogP contribution in [0, 0.1) is 30.9 Å². The van der Waals surface area contributed by atoms with E-state index in [0.29, 0.717) is 5.75 Å². The summed E-state index contributed by atoms with van der Waals surface area (Å²) in [5.41, 5.74) is 3.02. The van der Waals surface area contributed by atoms with E-state index >= 15 is 0 Å². The monoisotopic (exact) mass is 380 g/mol. The molecule has 3 aromatic rings. The predicted octanol–water partition coefficient (Wildman–Crippen LogP) is 4.30. The van der Waals surface area contributed by atoms with Gasteiger partial charge in [-0.2, -0.15) is 5.10 Å². The molecule has 0 aliphatic heterocycles. The van der Waals surface area contributed by atoms with Crippen LogP contribution >= 0.6 is 0 Å². The maximum Gasteiger partial charge on any atom is 0.276 e. The SMILES string of the molecule is Cc1ccc(C)c(Oc2cc(NC(=O)c3cc(C)n(C)n3)cc([N+](=O)[O-])c2)c1. The third-order valence-electron chi connectivity index (χ3n) is 4.28. The van der Waals surface area contributed by atoms with Crippen LogP contribution in [0.3, 0.4) is 0 Å². The van der Waals surface area contributed by atoms with Crippen molar-refractivity contribution in [1.29, 1.82) is 0 Å². The van der Waals surface area contributed by atoms with Gasteiger partial charge in [0.15, 0.2) is 5.69 Å². The second kappa shape index (κ2) is 7.51. The quantitative estimate of drug-likeness (QED) is 0.525. The van der Waals surface area contributed by atoms with Crippen LogP contribution in [-0.2, 0) is 7.05 Å². The van der Waals surface area contributed by atoms with Gasteiger partial charge in [0.05, 0.1) is 16.7 Å². The molecule has 1 amide bonds. The molecular formula is C20H20N4O4. The molecule has 28 heavy (non-hydrogen) atoms. The minimum atomic E-state index is -0.531. The van der Waals surface area contributed by atoms with Crippen molar-refractivity contribution in [2.75, 3.05) is 5.32 Å². The van der Waals surface area contributed by atoms with Crippen LogP contribution < -0.4 is 10.1 Å². The molecule has 0 atom stereocenters. The molecular weight excluding hydrogens is 360 g/mol. The zero-order valence-corrected chi connectivity index (χ0v) is 16.0. The van der Waals surface area contributed by atoms with Gasteiger partial charge in [-0.1, -0.05) is 12.1 Å². The van der Waals surface area contributed by atoms with Crippen molar-refractivity contribution in [3.05, 3.63) is 75.1 Å². The number of rotatable bonds is 5. The molecule has 1 heterocycles. The third kappa shape index (κ3) is 4.17. The number of amides is 1. The van der Waals surface area contributed by atoms with Gasteiger partial charge < -0.3 is 10.1 Å². The highest BCUT2D eigenvalue weighted by Crippen LogP contribution is 2.31. The number of nitrogens with zero attached hydrogens (tertiary/aromatic N) is 3. The van der Waals surface area contributed by atoms with Crippen molar-refractivity contribution in [3.8, 4) is 11.5 Å². The standard InChI is InChI=1S/C20H20N4O4/c1-12-5-6-13(2)19(7-12)28-17-10-15(9-16(11-17)24(26)27)21-20(25)18-8-14(3)23(4)22-18/h5-11H,1-4H3,(H,21,25). The Balaban J connectivity index is 1.92. The van der Waals surface area contributed by atoms with Gasteiger partial charge in [0.25, 0.3) is 11.6 Å². The van der Waals surface area contributed by atoms with E-state index in [4.69, 9.17) is 4.74 Å². The van der Waals surface area contributed by atoms with Gasteiger partial charge in [-0.05, 0) is 44.0 Å². The van der Waals surface area contributed by atoms with Crippen molar-refractivity contribution >= 4 is 17.3 Å². The van der Waals surface area contributed by atoms with Crippen LogP contribution in [0.5, 0.6) is 11.5 Å². The normalized spacial score (nSPS) is 10.6. The first-order chi connectivity index (χ1) is 13.2. The number of nitrogens with one attached hydrogen (secondary N) is 1. The van der Waals surface area contributed by atoms with Crippen LogP contribution in [0.4, 0.5) is 11.4 Å². The lowest BCUT2D eigenvalue weighted by Gasteiger charge is -2.11. The fourth-order valence-corrected chi connectivity index (χ4v) is 2.63. The molecule has 0 unspecified atom stereocenters. The van der Waals surface area contributed by atoms with E-state index in [2.05, 4.69) is 10.4 Å². The van der Waals surface area contributed by atoms with Crippen molar-refractivity contribution in [1.82, 2.24) is 9.78 Å². The summed E-state index contributed by atoms with van der Waals surface area (Å²) in [5, 5.41) is 18.1. The molecule has 3 rings (SSSR count). The minimum Gasteiger partial charge on any atom is -0.457 e. The molecule has 0 radical (unpaired) electrons. The van der Waals surface area contributed by atoms with E-state index < -0.39 is 10.8 Å². The Morgan fingerprint density at radius 3 is 2.54 bits per heavy atom. The van der Waals surface area contributed by atoms with E-state index in [0.717, 1.165) is 16.8 Å². The topological polar surface area (TPSA) is 99.3 Å². The highest BCUT2D eigenvalue weighted by atomic mass is 16.6. The van der Waals surface area contributed by atoms with E-state index in [9.17, 15) is 14.9 Å². The summed E-state index contributed by atoms with van der Waals surface area (Å²) in [6.07, 6.45) is 0. The molecule has 1 aromatic heterocycles. The average Bonchev–Trinajstić information content (AvgIpc) is 2.97. The van der Waals surface area contributed by atoms with Gasteiger partial charge >= 0.3 is 0 Å². The molecule has 0 aliphatic rings. The summed E-state index contributed by atoms with van der Waals surface area (Å²) in [6.45, 7) is 5.64. The van der Waals surface area contributed by atoms with E-state index in [1.807, 2.05) is 39.0 Å². The largest absolute Gasteiger partial charge is 0.457 e. The Kier molecular flexibility index (Phi) is 5.12. The lowest BCUT2D eigenvalue weighted by Crippen LogP contribution is -2.13. The maximum atomic E-state index is 12.4. The van der Waals surface area contributed by atoms with Crippen LogP contribution in [0.2, 0.25) is 0 Å². The molecule has 0 saturated carbocycles. The summed E-state index contributed by atoms with van der Waals surface area (Å²) < 4.78 is 7.44. The Labute approximate surface area is 161 Å². The number of carbonyl (C=O) groups excluding carboxylic acids is 1. The number of anilines is 1. The fraction of sp³-hybridized carbons (Fsp3) is 0.200. The first-order valence-electron chi connectivity index (χ1n) is 8.59. The lowest BCUT2D eigenvalue weighted by molar-refractivity contribution is -0.384. The number of nitro groups is 1. The number of nitro benzene ring substituents is 1. The second-order valence-corrected chi connectivity index (χ2v) is 6.59. The van der Waals surface area contributed by atoms with Crippen molar-refractivity contribution in [3.63, 3.8) is 0 Å². The van der Waals surface area contributed by atoms with Crippen LogP contribution in [0.25, 0.3) is 0 Å². The summed E-state index contributed by atoms with van der Waals surface area (Å²) in [6, 6.07) is 11.5. The molecule has 1 N–H and O–H groups in total. The Hall–Kier alpha value is -3.68. The molecule has 0 saturated heterocycles. The molecule has 0 spiro atoms. The maximum absolute atomic E-state index is 12.4. The van der Waals surface area contributed by atoms with Crippen LogP contribution in [-0.4, -0.2) is 20.6 Å². The third-order valence-corrected chi connectivity index (χ3v) is 4.28. The molecule has 0 aliphatic carbocycles. The first-order valence-corrected chi connectivity index (χ1v) is 8.59. The van der Waals surface area contributed by atoms with Gasteiger partial charge in [0, 0.05) is 24.9 Å². The van der Waals surface area contributed by atoms with Gasteiger partial charge in [-0.25, -0.2) is 0 Å². The average molecular weight is 380 g/mol. The molecule has 8 nitrogen and oxygen atoms in total. The number of aryl methyl sites for hydroxylation is 4. The molecule has 8 heteroatoms. The second-order valence-electron chi connectivity index (χ2n) is 6.59. The van der Waals surface area contributed by atoms with Crippen molar-refractivity contribution in [2.45, 2.75) is 20.8 Å². The highest BCUT2D eigenvalue weighted by molar-refractivity contribution is 6.03. The molecule has 144 valence electrons. The first kappa shape index (κ1) is 19.1. The van der Waals surface area contributed by atoms with E-state index in [-0.39, 0.29) is 22.8 Å². The highest BCUT2D eigenvalue weighted by Gasteiger charge is 2.16. The Bertz CT molecular complexity index is 1050. The lowest BCUT2D eigenvalue weighted by atomic mass is 10.1. The summed E-state index contributed by atoms with van der Waals surface area (Å²) in [4.78, 5) is 23.2. The number of non-ortho nitro benzene ring substituents is 1. The number of aromatic nitrogens is 2. The number of hydrogen-bond donors (Lipinski definition) is 1. The van der Waals surface area contributed by atoms with E-state index in [1.165, 1.54) is 12.1 Å². The fourth-order valence-electron chi connectivity index (χ4n) is 2.63. The smallest absolute Gasteiger partial charge is 0.276 e. The number of hydrogen-bond acceptors (Lipinski definition) is 5. The molecule has 0 bridgehead atoms. The Morgan fingerprint density at radius 1 is 1.14 bits per heavy atom. The Morgan fingerprint density at radius 2 is 1.89 bits per heavy atom. The van der Waals surface area contributed by atoms with E-state index in [1.54, 1.807) is 23.9 Å². The molecule has 2 aromatic carbocycles. The minimum absolute atomic E-state index is 0.185. The number of ether oxygens (including phenoxy) is 1. The van der Waals surface area contributed by atoms with Gasteiger partial charge in [0.1, 0.15) is 11.5 Å². The predicted molar refractivity (Wildman–Crippen MR) is 105 cm³/mol. The summed E-state index contributed by atoms with van der Waals surface area (Å²) in [5.74, 6) is 0.399.